The zero-order valence-electron chi connectivity index (χ0n) is 16.9. The van der Waals surface area contributed by atoms with Crippen molar-refractivity contribution in [2.45, 2.75) is 30.7 Å². The molecule has 0 unspecified atom stereocenters. The zero-order chi connectivity index (χ0) is 23.0. The number of methoxy groups -OCH3 is 1. The molecule has 1 saturated heterocycles. The van der Waals surface area contributed by atoms with Crippen LogP contribution >= 0.6 is 0 Å². The fraction of sp³-hybridized carbons (Fsp3) is 0.318. The van der Waals surface area contributed by atoms with Gasteiger partial charge in [0.25, 0.3) is 0 Å². The van der Waals surface area contributed by atoms with Gasteiger partial charge in [-0.15, -0.1) is 0 Å². The van der Waals surface area contributed by atoms with Gasteiger partial charge in [-0.2, -0.15) is 0 Å². The van der Waals surface area contributed by atoms with Gasteiger partial charge in [0.15, 0.2) is 11.5 Å². The number of ether oxygens (including phenoxy) is 3. The van der Waals surface area contributed by atoms with Gasteiger partial charge >= 0.3 is 0 Å². The molecular formula is C22H22O10. The quantitative estimate of drug-likeness (QED) is 0.370. The number of hydrogen-bond donors (Lipinski definition) is 5. The summed E-state index contributed by atoms with van der Waals surface area (Å²) in [5.74, 6) is 0.241. The van der Waals surface area contributed by atoms with Gasteiger partial charge in [0, 0.05) is 6.07 Å². The third-order valence-corrected chi connectivity index (χ3v) is 5.33. The summed E-state index contributed by atoms with van der Waals surface area (Å²) in [6, 6.07) is 8.86. The monoisotopic (exact) mass is 446 g/mol. The normalized spacial score (nSPS) is 25.6. The van der Waals surface area contributed by atoms with Gasteiger partial charge in [-0.05, 0) is 23.8 Å². The number of phenols is 1. The van der Waals surface area contributed by atoms with Crippen LogP contribution in [0.4, 0.5) is 0 Å². The summed E-state index contributed by atoms with van der Waals surface area (Å²) in [5, 5.41) is 49.1. The number of hydrogen-bond acceptors (Lipinski definition) is 10. The van der Waals surface area contributed by atoms with E-state index >= 15 is 0 Å². The molecule has 1 aliphatic rings. The van der Waals surface area contributed by atoms with Crippen LogP contribution in [-0.2, 0) is 4.74 Å². The number of fused-ring (bicyclic) bond motifs is 1. The molecular weight excluding hydrogens is 424 g/mol. The third kappa shape index (κ3) is 3.90. The smallest absolute Gasteiger partial charge is 0.229 e. The van der Waals surface area contributed by atoms with Crippen molar-refractivity contribution in [2.24, 2.45) is 0 Å². The summed E-state index contributed by atoms with van der Waals surface area (Å²) in [6.45, 7) is -0.603. The molecule has 0 saturated carbocycles. The first-order valence-corrected chi connectivity index (χ1v) is 9.74. The average Bonchev–Trinajstić information content (AvgIpc) is 2.80. The highest BCUT2D eigenvalue weighted by atomic mass is 16.7. The Hall–Kier alpha value is -3.15. The average molecular weight is 446 g/mol. The van der Waals surface area contributed by atoms with E-state index in [1.807, 2.05) is 0 Å². The third-order valence-electron chi connectivity index (χ3n) is 5.33. The van der Waals surface area contributed by atoms with Crippen molar-refractivity contribution >= 4 is 11.0 Å². The molecule has 2 aromatic carbocycles. The molecule has 0 radical (unpaired) electrons. The predicted molar refractivity (Wildman–Crippen MR) is 111 cm³/mol. The van der Waals surface area contributed by atoms with E-state index in [4.69, 9.17) is 18.6 Å². The van der Waals surface area contributed by atoms with E-state index in [0.29, 0.717) is 5.56 Å². The van der Waals surface area contributed by atoms with Crippen LogP contribution < -0.4 is 14.9 Å². The predicted octanol–water partition coefficient (Wildman–Crippen LogP) is 0.353. The van der Waals surface area contributed by atoms with Gasteiger partial charge in [-0.25, -0.2) is 0 Å². The molecule has 32 heavy (non-hydrogen) atoms. The van der Waals surface area contributed by atoms with E-state index in [1.165, 1.54) is 37.6 Å². The second-order valence-electron chi connectivity index (χ2n) is 7.34. The van der Waals surface area contributed by atoms with Crippen molar-refractivity contribution in [1.29, 1.82) is 0 Å². The molecule has 1 fully saturated rings. The Morgan fingerprint density at radius 3 is 2.38 bits per heavy atom. The van der Waals surface area contributed by atoms with Crippen molar-refractivity contribution in [3.63, 3.8) is 0 Å². The maximum absolute atomic E-state index is 13.0. The lowest BCUT2D eigenvalue weighted by atomic mass is 9.99. The minimum Gasteiger partial charge on any atom is -0.508 e. The van der Waals surface area contributed by atoms with E-state index in [2.05, 4.69) is 0 Å². The highest BCUT2D eigenvalue weighted by molar-refractivity contribution is 5.84. The molecule has 4 rings (SSSR count). The van der Waals surface area contributed by atoms with Crippen LogP contribution in [0.25, 0.3) is 22.1 Å². The molecule has 5 N–H and O–H groups in total. The SMILES string of the molecule is COc1cc2c(=O)c(-c3ccc(O)cc3)coc2cc1O[C@@H]1O[C@H](CO)[C@@H](O)[C@H](O)[C@@H]1O. The standard InChI is InChI=1S/C22H22O10/c1-29-15-6-12-14(30-9-13(18(12)25)10-2-4-11(24)5-3-10)7-16(15)31-22-21(28)20(27)19(26)17(8-23)32-22/h2-7,9,17,19-24,26-28H,8H2,1H3/t17-,19-,20+,21+,22-/m1/s1. The Kier molecular flexibility index (Phi) is 6.04. The first-order chi connectivity index (χ1) is 15.3. The summed E-state index contributed by atoms with van der Waals surface area (Å²) in [4.78, 5) is 13.0. The fourth-order valence-corrected chi connectivity index (χ4v) is 3.52. The minimum atomic E-state index is -1.61. The first-order valence-electron chi connectivity index (χ1n) is 9.74. The molecule has 10 heteroatoms. The largest absolute Gasteiger partial charge is 0.508 e. The van der Waals surface area contributed by atoms with Crippen molar-refractivity contribution < 1.29 is 44.2 Å². The van der Waals surface area contributed by atoms with Gasteiger partial charge in [0.2, 0.25) is 11.7 Å². The maximum atomic E-state index is 13.0. The molecule has 0 amide bonds. The Bertz CT molecular complexity index is 1150. The number of phenolic OH excluding ortho intramolecular Hbond substituents is 1. The van der Waals surface area contributed by atoms with Crippen LogP contribution in [0.3, 0.4) is 0 Å². The molecule has 1 aromatic heterocycles. The van der Waals surface area contributed by atoms with Crippen LogP contribution in [0.1, 0.15) is 0 Å². The van der Waals surface area contributed by atoms with E-state index < -0.39 is 37.3 Å². The Morgan fingerprint density at radius 2 is 1.72 bits per heavy atom. The molecule has 10 nitrogen and oxygen atoms in total. The maximum Gasteiger partial charge on any atom is 0.229 e. The van der Waals surface area contributed by atoms with Crippen molar-refractivity contribution in [3.05, 3.63) is 52.9 Å². The molecule has 1 aliphatic heterocycles. The lowest BCUT2D eigenvalue weighted by molar-refractivity contribution is -0.277. The number of rotatable bonds is 5. The number of aromatic hydroxyl groups is 1. The second-order valence-corrected chi connectivity index (χ2v) is 7.34. The molecule has 2 heterocycles. The lowest BCUT2D eigenvalue weighted by Gasteiger charge is -2.39. The van der Waals surface area contributed by atoms with Crippen LogP contribution in [0, 0.1) is 0 Å². The van der Waals surface area contributed by atoms with Crippen LogP contribution in [0.2, 0.25) is 0 Å². The van der Waals surface area contributed by atoms with E-state index in [1.54, 1.807) is 12.1 Å². The van der Waals surface area contributed by atoms with Crippen LogP contribution in [0.5, 0.6) is 17.2 Å². The van der Waals surface area contributed by atoms with E-state index in [-0.39, 0.29) is 39.2 Å². The molecule has 170 valence electrons. The number of aliphatic hydroxyl groups excluding tert-OH is 4. The van der Waals surface area contributed by atoms with Gasteiger partial charge in [0.1, 0.15) is 42.0 Å². The molecule has 0 bridgehead atoms. The molecule has 0 spiro atoms. The van der Waals surface area contributed by atoms with Gasteiger partial charge in [0.05, 0.1) is 24.7 Å². The first kappa shape index (κ1) is 22.1. The zero-order valence-corrected chi connectivity index (χ0v) is 16.9. The van der Waals surface area contributed by atoms with Gasteiger partial charge in [-0.1, -0.05) is 12.1 Å². The van der Waals surface area contributed by atoms with Crippen LogP contribution in [-0.4, -0.2) is 70.0 Å². The summed E-state index contributed by atoms with van der Waals surface area (Å²) in [5.41, 5.74) is 0.661. The lowest BCUT2D eigenvalue weighted by Crippen LogP contribution is -2.60. The topological polar surface area (TPSA) is 159 Å². The Balaban J connectivity index is 1.71. The van der Waals surface area contributed by atoms with E-state index in [9.17, 15) is 30.3 Å². The molecule has 5 atom stereocenters. The Morgan fingerprint density at radius 1 is 1.00 bits per heavy atom. The summed E-state index contributed by atoms with van der Waals surface area (Å²) >= 11 is 0. The van der Waals surface area contributed by atoms with Crippen molar-refractivity contribution in [2.75, 3.05) is 13.7 Å². The van der Waals surface area contributed by atoms with Crippen molar-refractivity contribution in [3.8, 4) is 28.4 Å². The number of benzene rings is 2. The van der Waals surface area contributed by atoms with E-state index in [0.717, 1.165) is 0 Å². The summed E-state index contributed by atoms with van der Waals surface area (Å²) in [6.07, 6.45) is -6.04. The highest BCUT2D eigenvalue weighted by Crippen LogP contribution is 2.35. The minimum absolute atomic E-state index is 0.0462. The highest BCUT2D eigenvalue weighted by Gasteiger charge is 2.45. The number of aliphatic hydroxyl groups is 4. The summed E-state index contributed by atoms with van der Waals surface area (Å²) in [7, 11) is 1.35. The van der Waals surface area contributed by atoms with Crippen LogP contribution in [0.15, 0.2) is 51.9 Å². The Labute approximate surface area is 181 Å². The fourth-order valence-electron chi connectivity index (χ4n) is 3.52. The molecule has 3 aromatic rings. The summed E-state index contributed by atoms with van der Waals surface area (Å²) < 4.78 is 21.9. The van der Waals surface area contributed by atoms with Crippen molar-refractivity contribution in [1.82, 2.24) is 0 Å². The molecule has 0 aliphatic carbocycles. The second kappa shape index (κ2) is 8.77. The van der Waals surface area contributed by atoms with Gasteiger partial charge < -0.3 is 44.2 Å². The van der Waals surface area contributed by atoms with Gasteiger partial charge in [-0.3, -0.25) is 4.79 Å².